The SMILES string of the molecule is Br.C=CC(=O)C(CC)C(CCCCCCCCCCCCCC)C(C)(C)N. The molecule has 0 rings (SSSR count). The molecule has 2 atom stereocenters. The number of halogens is 1. The molecule has 27 heavy (non-hydrogen) atoms. The summed E-state index contributed by atoms with van der Waals surface area (Å²) in [4.78, 5) is 12.2. The highest BCUT2D eigenvalue weighted by atomic mass is 79.9. The molecular weight excluding hydrogens is 398 g/mol. The van der Waals surface area contributed by atoms with Crippen LogP contribution in [0.2, 0.25) is 0 Å². The third-order valence-corrected chi connectivity index (χ3v) is 5.82. The highest BCUT2D eigenvalue weighted by Gasteiger charge is 2.34. The smallest absolute Gasteiger partial charge is 0.158 e. The number of rotatable bonds is 18. The van der Waals surface area contributed by atoms with E-state index < -0.39 is 0 Å². The molecule has 0 aliphatic heterocycles. The topological polar surface area (TPSA) is 43.1 Å². The summed E-state index contributed by atoms with van der Waals surface area (Å²) in [5.41, 5.74) is 6.09. The van der Waals surface area contributed by atoms with E-state index in [1.54, 1.807) is 0 Å². The average molecular weight is 447 g/mol. The normalized spacial score (nSPS) is 13.7. The number of hydrogen-bond donors (Lipinski definition) is 1. The zero-order chi connectivity index (χ0) is 19.8. The molecule has 2 nitrogen and oxygen atoms in total. The minimum atomic E-state index is -0.308. The molecule has 0 aliphatic carbocycles. The largest absolute Gasteiger partial charge is 0.325 e. The van der Waals surface area contributed by atoms with E-state index >= 15 is 0 Å². The van der Waals surface area contributed by atoms with Gasteiger partial charge in [-0.1, -0.05) is 97.5 Å². The second-order valence-corrected chi connectivity index (χ2v) is 8.73. The Morgan fingerprint density at radius 3 is 1.63 bits per heavy atom. The van der Waals surface area contributed by atoms with Gasteiger partial charge in [-0.3, -0.25) is 4.79 Å². The maximum absolute atomic E-state index is 12.2. The van der Waals surface area contributed by atoms with Crippen molar-refractivity contribution in [2.75, 3.05) is 0 Å². The van der Waals surface area contributed by atoms with Crippen LogP contribution in [-0.2, 0) is 4.79 Å². The fraction of sp³-hybridized carbons (Fsp3) is 0.875. The van der Waals surface area contributed by atoms with Crippen LogP contribution in [0.5, 0.6) is 0 Å². The minimum Gasteiger partial charge on any atom is -0.325 e. The first kappa shape index (κ1) is 29.1. The van der Waals surface area contributed by atoms with Gasteiger partial charge < -0.3 is 5.73 Å². The maximum Gasteiger partial charge on any atom is 0.158 e. The van der Waals surface area contributed by atoms with E-state index in [2.05, 4.69) is 34.3 Å². The van der Waals surface area contributed by atoms with Crippen LogP contribution in [0.25, 0.3) is 0 Å². The number of hydrogen-bond acceptors (Lipinski definition) is 2. The maximum atomic E-state index is 12.2. The van der Waals surface area contributed by atoms with Gasteiger partial charge in [0.25, 0.3) is 0 Å². The number of ketones is 1. The minimum absolute atomic E-state index is 0. The summed E-state index contributed by atoms with van der Waals surface area (Å²) in [6.45, 7) is 12.2. The molecule has 0 heterocycles. The van der Waals surface area contributed by atoms with E-state index in [0.717, 1.165) is 12.8 Å². The van der Waals surface area contributed by atoms with Crippen molar-refractivity contribution in [2.24, 2.45) is 17.6 Å². The van der Waals surface area contributed by atoms with E-state index in [4.69, 9.17) is 5.73 Å². The first-order valence-electron chi connectivity index (χ1n) is 11.3. The van der Waals surface area contributed by atoms with E-state index in [1.165, 1.54) is 83.1 Å². The zero-order valence-corrected chi connectivity index (χ0v) is 20.4. The summed E-state index contributed by atoms with van der Waals surface area (Å²) in [7, 11) is 0. The first-order valence-corrected chi connectivity index (χ1v) is 11.3. The van der Waals surface area contributed by atoms with Gasteiger partial charge in [-0.05, 0) is 38.7 Å². The molecule has 0 spiro atoms. The number of nitrogens with two attached hydrogens (primary N) is 1. The van der Waals surface area contributed by atoms with Gasteiger partial charge in [0.05, 0.1) is 0 Å². The summed E-state index contributed by atoms with van der Waals surface area (Å²) in [6, 6.07) is 0. The fourth-order valence-electron chi connectivity index (χ4n) is 4.13. The Balaban J connectivity index is 0. The zero-order valence-electron chi connectivity index (χ0n) is 18.7. The summed E-state index contributed by atoms with van der Waals surface area (Å²) < 4.78 is 0. The van der Waals surface area contributed by atoms with Crippen LogP contribution in [0.1, 0.15) is 118 Å². The standard InChI is InChI=1S/C24H47NO.BrH/c1-6-9-10-11-12-13-14-15-16-17-18-19-20-22(24(4,5)25)21(7-2)23(26)8-3;/h8,21-22H,3,6-7,9-20,25H2,1-2,4-5H3;1H. The molecule has 0 fully saturated rings. The van der Waals surface area contributed by atoms with Crippen molar-refractivity contribution in [1.82, 2.24) is 0 Å². The van der Waals surface area contributed by atoms with Gasteiger partial charge in [-0.25, -0.2) is 0 Å². The van der Waals surface area contributed by atoms with E-state index in [1.807, 2.05) is 0 Å². The molecule has 0 aliphatic rings. The molecule has 0 amide bonds. The van der Waals surface area contributed by atoms with Crippen molar-refractivity contribution in [1.29, 1.82) is 0 Å². The van der Waals surface area contributed by atoms with Crippen molar-refractivity contribution >= 4 is 22.8 Å². The molecular formula is C24H48BrNO. The molecule has 0 aromatic rings. The Hall–Kier alpha value is -0.150. The van der Waals surface area contributed by atoms with Crippen molar-refractivity contribution < 1.29 is 4.79 Å². The second-order valence-electron chi connectivity index (χ2n) is 8.73. The third-order valence-electron chi connectivity index (χ3n) is 5.82. The summed E-state index contributed by atoms with van der Waals surface area (Å²) in [5.74, 6) is 0.441. The Labute approximate surface area is 180 Å². The molecule has 0 saturated carbocycles. The van der Waals surface area contributed by atoms with Crippen LogP contribution in [-0.4, -0.2) is 11.3 Å². The van der Waals surface area contributed by atoms with Gasteiger partial charge in [0, 0.05) is 11.5 Å². The Bertz CT molecular complexity index is 362. The Morgan fingerprint density at radius 2 is 1.30 bits per heavy atom. The van der Waals surface area contributed by atoms with Crippen LogP contribution < -0.4 is 5.73 Å². The average Bonchev–Trinajstić information content (AvgIpc) is 2.60. The number of allylic oxidation sites excluding steroid dienone is 1. The first-order chi connectivity index (χ1) is 12.4. The van der Waals surface area contributed by atoms with Crippen molar-refractivity contribution in [3.63, 3.8) is 0 Å². The Kier molecular flexibility index (Phi) is 19.3. The number of unbranched alkanes of at least 4 members (excludes halogenated alkanes) is 11. The quantitative estimate of drug-likeness (QED) is 0.172. The summed E-state index contributed by atoms with van der Waals surface area (Å²) in [6.07, 6.45) is 19.7. The molecule has 162 valence electrons. The third kappa shape index (κ3) is 14.5. The monoisotopic (exact) mass is 445 g/mol. The highest BCUT2D eigenvalue weighted by Crippen LogP contribution is 2.31. The lowest BCUT2D eigenvalue weighted by molar-refractivity contribution is -0.120. The molecule has 2 unspecified atom stereocenters. The van der Waals surface area contributed by atoms with Crippen LogP contribution in [0.15, 0.2) is 12.7 Å². The van der Waals surface area contributed by atoms with E-state index in [-0.39, 0.29) is 40.1 Å². The predicted molar refractivity (Wildman–Crippen MR) is 127 cm³/mol. The molecule has 2 N–H and O–H groups in total. The van der Waals surface area contributed by atoms with Crippen molar-refractivity contribution in [2.45, 2.75) is 123 Å². The summed E-state index contributed by atoms with van der Waals surface area (Å²) in [5, 5.41) is 0. The van der Waals surface area contributed by atoms with Crippen LogP contribution in [0.4, 0.5) is 0 Å². The van der Waals surface area contributed by atoms with E-state index in [0.29, 0.717) is 0 Å². The van der Waals surface area contributed by atoms with Gasteiger partial charge in [0.1, 0.15) is 0 Å². The van der Waals surface area contributed by atoms with Gasteiger partial charge >= 0.3 is 0 Å². The lowest BCUT2D eigenvalue weighted by Gasteiger charge is -2.35. The van der Waals surface area contributed by atoms with Crippen LogP contribution in [0.3, 0.4) is 0 Å². The fourth-order valence-corrected chi connectivity index (χ4v) is 4.13. The van der Waals surface area contributed by atoms with Crippen molar-refractivity contribution in [3.05, 3.63) is 12.7 Å². The lowest BCUT2D eigenvalue weighted by Crippen LogP contribution is -2.46. The van der Waals surface area contributed by atoms with Gasteiger partial charge in [-0.15, -0.1) is 17.0 Å². The molecule has 0 bridgehead atoms. The van der Waals surface area contributed by atoms with Gasteiger partial charge in [-0.2, -0.15) is 0 Å². The van der Waals surface area contributed by atoms with Gasteiger partial charge in [0.15, 0.2) is 5.78 Å². The number of carbonyl (C=O) groups excluding carboxylic acids is 1. The molecule has 0 aromatic carbocycles. The lowest BCUT2D eigenvalue weighted by atomic mass is 9.72. The highest BCUT2D eigenvalue weighted by molar-refractivity contribution is 8.93. The molecule has 3 heteroatoms. The van der Waals surface area contributed by atoms with Gasteiger partial charge in [0.2, 0.25) is 0 Å². The summed E-state index contributed by atoms with van der Waals surface area (Å²) >= 11 is 0. The van der Waals surface area contributed by atoms with Crippen molar-refractivity contribution in [3.8, 4) is 0 Å². The number of carbonyl (C=O) groups is 1. The molecule has 0 aromatic heterocycles. The van der Waals surface area contributed by atoms with Crippen LogP contribution in [0, 0.1) is 11.8 Å². The van der Waals surface area contributed by atoms with E-state index in [9.17, 15) is 4.79 Å². The Morgan fingerprint density at radius 1 is 0.889 bits per heavy atom. The predicted octanol–water partition coefficient (Wildman–Crippen LogP) is 7.79. The molecule has 0 saturated heterocycles. The van der Waals surface area contributed by atoms with Crippen LogP contribution >= 0.6 is 17.0 Å². The molecule has 0 radical (unpaired) electrons. The second kappa shape index (κ2) is 17.9.